The van der Waals surface area contributed by atoms with Crippen LogP contribution in [0.5, 0.6) is 5.75 Å². The lowest BCUT2D eigenvalue weighted by Crippen LogP contribution is -2.41. The van der Waals surface area contributed by atoms with Gasteiger partial charge in [-0.2, -0.15) is 0 Å². The fourth-order valence-corrected chi connectivity index (χ4v) is 2.06. The standard InChI is InChI=1S/C17H28N2O4/c1-17(2,3)23-16(20)18-15(22-7)11-12-8-9-13(19(4)5)14(10-12)21-6/h8-10,15H,11H2,1-7H3,(H,18,20). The average Bonchev–Trinajstić information content (AvgIpc) is 2.44. The van der Waals surface area contributed by atoms with Crippen LogP contribution in [0, 0.1) is 0 Å². The van der Waals surface area contributed by atoms with Crippen LogP contribution >= 0.6 is 0 Å². The first kappa shape index (κ1) is 19.1. The highest BCUT2D eigenvalue weighted by molar-refractivity contribution is 5.68. The van der Waals surface area contributed by atoms with Gasteiger partial charge in [0.1, 0.15) is 17.6 Å². The van der Waals surface area contributed by atoms with Gasteiger partial charge in [-0.3, -0.25) is 5.32 Å². The van der Waals surface area contributed by atoms with E-state index in [9.17, 15) is 4.79 Å². The van der Waals surface area contributed by atoms with Gasteiger partial charge in [0.25, 0.3) is 0 Å². The Morgan fingerprint density at radius 2 is 1.91 bits per heavy atom. The third-order valence-corrected chi connectivity index (χ3v) is 3.11. The third-order valence-electron chi connectivity index (χ3n) is 3.11. The first-order valence-electron chi connectivity index (χ1n) is 7.53. The van der Waals surface area contributed by atoms with Gasteiger partial charge >= 0.3 is 6.09 Å². The van der Waals surface area contributed by atoms with Crippen molar-refractivity contribution in [2.24, 2.45) is 0 Å². The second-order valence-corrected chi connectivity index (χ2v) is 6.48. The number of carbonyl (C=O) groups excluding carboxylic acids is 1. The molecule has 1 aromatic rings. The van der Waals surface area contributed by atoms with E-state index in [4.69, 9.17) is 14.2 Å². The predicted molar refractivity (Wildman–Crippen MR) is 91.2 cm³/mol. The summed E-state index contributed by atoms with van der Waals surface area (Å²) in [5.74, 6) is 0.777. The Kier molecular flexibility index (Phi) is 6.69. The number of hydrogen-bond donors (Lipinski definition) is 1. The van der Waals surface area contributed by atoms with Gasteiger partial charge in [-0.05, 0) is 38.5 Å². The van der Waals surface area contributed by atoms with Crippen LogP contribution in [0.1, 0.15) is 26.3 Å². The van der Waals surface area contributed by atoms with E-state index in [1.54, 1.807) is 14.2 Å². The maximum Gasteiger partial charge on any atom is 0.409 e. The zero-order valence-electron chi connectivity index (χ0n) is 15.1. The number of methoxy groups -OCH3 is 2. The molecule has 130 valence electrons. The first-order valence-corrected chi connectivity index (χ1v) is 7.53. The molecule has 1 atom stereocenters. The van der Waals surface area contributed by atoms with E-state index in [1.165, 1.54) is 0 Å². The monoisotopic (exact) mass is 324 g/mol. The molecule has 0 aliphatic heterocycles. The second kappa shape index (κ2) is 8.06. The van der Waals surface area contributed by atoms with Crippen molar-refractivity contribution in [2.75, 3.05) is 33.2 Å². The molecule has 0 radical (unpaired) electrons. The number of anilines is 1. The van der Waals surface area contributed by atoms with Gasteiger partial charge in [0, 0.05) is 27.6 Å². The average molecular weight is 324 g/mol. The quantitative estimate of drug-likeness (QED) is 0.815. The molecule has 0 saturated heterocycles. The summed E-state index contributed by atoms with van der Waals surface area (Å²) in [7, 11) is 7.10. The van der Waals surface area contributed by atoms with E-state index < -0.39 is 17.9 Å². The molecule has 0 spiro atoms. The number of nitrogens with one attached hydrogen (secondary N) is 1. The number of carbonyl (C=O) groups is 1. The minimum Gasteiger partial charge on any atom is -0.495 e. The molecular weight excluding hydrogens is 296 g/mol. The van der Waals surface area contributed by atoms with Crippen molar-refractivity contribution in [3.05, 3.63) is 23.8 Å². The van der Waals surface area contributed by atoms with Crippen molar-refractivity contribution >= 4 is 11.8 Å². The highest BCUT2D eigenvalue weighted by atomic mass is 16.6. The number of amides is 1. The number of nitrogens with zero attached hydrogens (tertiary/aromatic N) is 1. The molecule has 0 aromatic heterocycles. The smallest absolute Gasteiger partial charge is 0.409 e. The summed E-state index contributed by atoms with van der Waals surface area (Å²) in [6.45, 7) is 5.46. The molecule has 6 nitrogen and oxygen atoms in total. The van der Waals surface area contributed by atoms with Crippen molar-refractivity contribution in [3.8, 4) is 5.75 Å². The molecule has 1 amide bonds. The predicted octanol–water partition coefficient (Wildman–Crippen LogP) is 2.80. The van der Waals surface area contributed by atoms with E-state index >= 15 is 0 Å². The molecule has 0 bridgehead atoms. The van der Waals surface area contributed by atoms with Crippen molar-refractivity contribution in [1.82, 2.24) is 5.32 Å². The molecule has 0 aliphatic rings. The van der Waals surface area contributed by atoms with Crippen LogP contribution in [0.15, 0.2) is 18.2 Å². The number of hydrogen-bond acceptors (Lipinski definition) is 5. The summed E-state index contributed by atoms with van der Waals surface area (Å²) >= 11 is 0. The van der Waals surface area contributed by atoms with E-state index in [0.717, 1.165) is 17.0 Å². The highest BCUT2D eigenvalue weighted by Gasteiger charge is 2.20. The van der Waals surface area contributed by atoms with E-state index in [2.05, 4.69) is 5.32 Å². The molecule has 0 heterocycles. The third kappa shape index (κ3) is 6.36. The van der Waals surface area contributed by atoms with Crippen LogP contribution in [0.3, 0.4) is 0 Å². The van der Waals surface area contributed by atoms with Crippen LogP contribution in [-0.4, -0.2) is 46.2 Å². The highest BCUT2D eigenvalue weighted by Crippen LogP contribution is 2.28. The summed E-state index contributed by atoms with van der Waals surface area (Å²) in [4.78, 5) is 13.8. The minimum atomic E-state index is -0.543. The molecule has 0 aliphatic carbocycles. The molecule has 1 unspecified atom stereocenters. The van der Waals surface area contributed by atoms with Crippen molar-refractivity contribution in [1.29, 1.82) is 0 Å². The fraction of sp³-hybridized carbons (Fsp3) is 0.588. The van der Waals surface area contributed by atoms with Gasteiger partial charge in [-0.15, -0.1) is 0 Å². The SMILES string of the molecule is COc1cc(CC(NC(=O)OC(C)(C)C)OC)ccc1N(C)C. The van der Waals surface area contributed by atoms with Gasteiger partial charge in [0.2, 0.25) is 0 Å². The first-order chi connectivity index (χ1) is 10.7. The van der Waals surface area contributed by atoms with Crippen molar-refractivity contribution in [3.63, 3.8) is 0 Å². The zero-order valence-corrected chi connectivity index (χ0v) is 15.1. The molecule has 1 aromatic carbocycles. The van der Waals surface area contributed by atoms with Crippen LogP contribution in [0.2, 0.25) is 0 Å². The number of rotatable bonds is 6. The Morgan fingerprint density at radius 3 is 2.39 bits per heavy atom. The Bertz CT molecular complexity index is 524. The summed E-state index contributed by atoms with van der Waals surface area (Å²) in [6.07, 6.45) is -0.458. The summed E-state index contributed by atoms with van der Waals surface area (Å²) in [6, 6.07) is 5.91. The molecule has 0 fully saturated rings. The van der Waals surface area contributed by atoms with Gasteiger partial charge in [-0.1, -0.05) is 6.07 Å². The maximum absolute atomic E-state index is 11.8. The zero-order chi connectivity index (χ0) is 17.6. The molecule has 23 heavy (non-hydrogen) atoms. The normalized spacial score (nSPS) is 12.5. The van der Waals surface area contributed by atoms with Gasteiger partial charge < -0.3 is 19.1 Å². The molecular formula is C17H28N2O4. The van der Waals surface area contributed by atoms with Crippen molar-refractivity contribution < 1.29 is 19.0 Å². The fourth-order valence-electron chi connectivity index (χ4n) is 2.06. The Hall–Kier alpha value is -1.95. The van der Waals surface area contributed by atoms with E-state index in [0.29, 0.717) is 6.42 Å². The number of alkyl carbamates (subject to hydrolysis) is 1. The van der Waals surface area contributed by atoms with Crippen LogP contribution in [-0.2, 0) is 15.9 Å². The largest absolute Gasteiger partial charge is 0.495 e. The van der Waals surface area contributed by atoms with Gasteiger partial charge in [-0.25, -0.2) is 4.79 Å². The lowest BCUT2D eigenvalue weighted by molar-refractivity contribution is 0.0240. The Labute approximate surface area is 138 Å². The van der Waals surface area contributed by atoms with Crippen LogP contribution in [0.25, 0.3) is 0 Å². The number of benzene rings is 1. The molecule has 1 N–H and O–H groups in total. The summed E-state index contributed by atoms with van der Waals surface area (Å²) < 4.78 is 16.0. The lowest BCUT2D eigenvalue weighted by Gasteiger charge is -2.23. The second-order valence-electron chi connectivity index (χ2n) is 6.48. The Morgan fingerprint density at radius 1 is 1.26 bits per heavy atom. The lowest BCUT2D eigenvalue weighted by atomic mass is 10.1. The maximum atomic E-state index is 11.8. The van der Waals surface area contributed by atoms with Crippen LogP contribution in [0.4, 0.5) is 10.5 Å². The van der Waals surface area contributed by atoms with Crippen molar-refractivity contribution in [2.45, 2.75) is 39.0 Å². The molecule has 1 rings (SSSR count). The summed E-state index contributed by atoms with van der Waals surface area (Å²) in [5.41, 5.74) is 1.44. The molecule has 6 heteroatoms. The minimum absolute atomic E-state index is 0.472. The summed E-state index contributed by atoms with van der Waals surface area (Å²) in [5, 5.41) is 2.71. The van der Waals surface area contributed by atoms with E-state index in [-0.39, 0.29) is 0 Å². The molecule has 0 saturated carbocycles. The Balaban J connectivity index is 2.77. The van der Waals surface area contributed by atoms with Gasteiger partial charge in [0.15, 0.2) is 0 Å². The van der Waals surface area contributed by atoms with Gasteiger partial charge in [0.05, 0.1) is 12.8 Å². The topological polar surface area (TPSA) is 60.0 Å². The van der Waals surface area contributed by atoms with E-state index in [1.807, 2.05) is 58.0 Å². The van der Waals surface area contributed by atoms with Crippen LogP contribution < -0.4 is 15.0 Å². The number of ether oxygens (including phenoxy) is 3.